The normalized spacial score (nSPS) is 16.7. The zero-order valence-corrected chi connectivity index (χ0v) is 11.6. The van der Waals surface area contributed by atoms with Crippen LogP contribution in [0.3, 0.4) is 0 Å². The molecule has 114 valence electrons. The summed E-state index contributed by atoms with van der Waals surface area (Å²) in [6.45, 7) is -0.429. The van der Waals surface area contributed by atoms with Crippen molar-refractivity contribution in [1.29, 1.82) is 0 Å². The molecule has 2 aromatic rings. The van der Waals surface area contributed by atoms with Gasteiger partial charge in [0.15, 0.2) is 0 Å². The van der Waals surface area contributed by atoms with Gasteiger partial charge in [-0.2, -0.15) is 0 Å². The Hall–Kier alpha value is -2.70. The summed E-state index contributed by atoms with van der Waals surface area (Å²) in [4.78, 5) is 27.2. The molecule has 0 saturated heterocycles. The largest absolute Gasteiger partial charge is 0.480 e. The lowest BCUT2D eigenvalue weighted by Crippen LogP contribution is -2.32. The molecule has 6 nitrogen and oxygen atoms in total. The Morgan fingerprint density at radius 1 is 1.41 bits per heavy atom. The molecule has 1 aromatic carbocycles. The SMILES string of the molecule is O=C(O)Cn1cnc2c(c1=O)N[C@H](c1ccc(F)cc1)CC2. The Bertz CT molecular complexity index is 771. The third-order valence-electron chi connectivity index (χ3n) is 3.68. The highest BCUT2D eigenvalue weighted by Gasteiger charge is 2.23. The smallest absolute Gasteiger partial charge is 0.323 e. The van der Waals surface area contributed by atoms with Crippen LogP contribution >= 0.6 is 0 Å². The summed E-state index contributed by atoms with van der Waals surface area (Å²) in [6.07, 6.45) is 2.59. The van der Waals surface area contributed by atoms with E-state index < -0.39 is 18.1 Å². The predicted octanol–water partition coefficient (Wildman–Crippen LogP) is 1.57. The number of halogens is 1. The minimum Gasteiger partial charge on any atom is -0.480 e. The summed E-state index contributed by atoms with van der Waals surface area (Å²) in [5, 5.41) is 11.9. The molecule has 0 unspecified atom stereocenters. The third kappa shape index (κ3) is 2.69. The molecule has 1 atom stereocenters. The number of carboxylic acid groups (broad SMARTS) is 1. The van der Waals surface area contributed by atoms with E-state index in [1.54, 1.807) is 12.1 Å². The van der Waals surface area contributed by atoms with Crippen molar-refractivity contribution in [2.75, 3.05) is 5.32 Å². The van der Waals surface area contributed by atoms with Crippen molar-refractivity contribution in [3.8, 4) is 0 Å². The van der Waals surface area contributed by atoms with Crippen LogP contribution in [0.25, 0.3) is 0 Å². The number of aryl methyl sites for hydroxylation is 1. The van der Waals surface area contributed by atoms with E-state index >= 15 is 0 Å². The number of carboxylic acids is 1. The number of anilines is 1. The lowest BCUT2D eigenvalue weighted by atomic mass is 9.96. The number of aliphatic carboxylic acids is 1. The number of benzene rings is 1. The maximum Gasteiger partial charge on any atom is 0.323 e. The minimum atomic E-state index is -1.10. The van der Waals surface area contributed by atoms with E-state index in [4.69, 9.17) is 5.11 Å². The van der Waals surface area contributed by atoms with Gasteiger partial charge in [-0.3, -0.25) is 14.2 Å². The predicted molar refractivity (Wildman–Crippen MR) is 77.2 cm³/mol. The number of fused-ring (bicyclic) bond motifs is 1. The van der Waals surface area contributed by atoms with Gasteiger partial charge in [0.2, 0.25) is 0 Å². The van der Waals surface area contributed by atoms with E-state index in [1.165, 1.54) is 18.5 Å². The fourth-order valence-electron chi connectivity index (χ4n) is 2.59. The highest BCUT2D eigenvalue weighted by atomic mass is 19.1. The summed E-state index contributed by atoms with van der Waals surface area (Å²) in [6, 6.07) is 5.97. The van der Waals surface area contributed by atoms with Crippen molar-refractivity contribution in [3.05, 3.63) is 58.0 Å². The average molecular weight is 303 g/mol. The van der Waals surface area contributed by atoms with E-state index in [9.17, 15) is 14.0 Å². The molecule has 1 aromatic heterocycles. The van der Waals surface area contributed by atoms with Crippen LogP contribution in [0.15, 0.2) is 35.4 Å². The van der Waals surface area contributed by atoms with Crippen LogP contribution in [0.5, 0.6) is 0 Å². The molecule has 7 heteroatoms. The summed E-state index contributed by atoms with van der Waals surface area (Å²) in [7, 11) is 0. The topological polar surface area (TPSA) is 84.2 Å². The highest BCUT2D eigenvalue weighted by molar-refractivity contribution is 5.66. The molecule has 1 aliphatic heterocycles. The second-order valence-corrected chi connectivity index (χ2v) is 5.18. The van der Waals surface area contributed by atoms with Gasteiger partial charge < -0.3 is 10.4 Å². The van der Waals surface area contributed by atoms with Gasteiger partial charge in [0.25, 0.3) is 5.56 Å². The van der Waals surface area contributed by atoms with Crippen molar-refractivity contribution in [2.24, 2.45) is 0 Å². The Morgan fingerprint density at radius 3 is 2.82 bits per heavy atom. The van der Waals surface area contributed by atoms with Gasteiger partial charge in [0, 0.05) is 0 Å². The standard InChI is InChI=1S/C15H14FN3O3/c16-10-3-1-9(2-4-10)11-5-6-12-14(18-11)15(22)19(8-17-12)7-13(20)21/h1-4,8,11,18H,5-7H2,(H,20,21)/t11-/m0/s1. The molecule has 3 rings (SSSR count). The molecule has 0 bridgehead atoms. The van der Waals surface area contributed by atoms with Crippen molar-refractivity contribution < 1.29 is 14.3 Å². The van der Waals surface area contributed by atoms with E-state index in [0.717, 1.165) is 16.6 Å². The summed E-state index contributed by atoms with van der Waals surface area (Å²) in [5.74, 6) is -1.42. The first-order valence-electron chi connectivity index (χ1n) is 6.86. The fourth-order valence-corrected chi connectivity index (χ4v) is 2.59. The Balaban J connectivity index is 1.92. The first-order valence-corrected chi connectivity index (χ1v) is 6.86. The highest BCUT2D eigenvalue weighted by Crippen LogP contribution is 2.29. The van der Waals surface area contributed by atoms with Crippen LogP contribution in [-0.2, 0) is 17.8 Å². The van der Waals surface area contributed by atoms with Gasteiger partial charge in [-0.1, -0.05) is 12.1 Å². The van der Waals surface area contributed by atoms with Crippen LogP contribution in [-0.4, -0.2) is 20.6 Å². The van der Waals surface area contributed by atoms with Crippen molar-refractivity contribution >= 4 is 11.7 Å². The maximum atomic E-state index is 13.0. The van der Waals surface area contributed by atoms with Crippen molar-refractivity contribution in [1.82, 2.24) is 9.55 Å². The zero-order chi connectivity index (χ0) is 15.7. The van der Waals surface area contributed by atoms with E-state index in [-0.39, 0.29) is 11.9 Å². The van der Waals surface area contributed by atoms with Gasteiger partial charge in [-0.25, -0.2) is 9.37 Å². The maximum absolute atomic E-state index is 13.0. The molecule has 0 radical (unpaired) electrons. The molecule has 0 amide bonds. The zero-order valence-electron chi connectivity index (χ0n) is 11.6. The molecule has 22 heavy (non-hydrogen) atoms. The first-order chi connectivity index (χ1) is 10.5. The average Bonchev–Trinajstić information content (AvgIpc) is 2.50. The van der Waals surface area contributed by atoms with Gasteiger partial charge in [0.05, 0.1) is 18.1 Å². The Kier molecular flexibility index (Phi) is 3.62. The van der Waals surface area contributed by atoms with Crippen molar-refractivity contribution in [2.45, 2.75) is 25.4 Å². The van der Waals surface area contributed by atoms with Crippen molar-refractivity contribution in [3.63, 3.8) is 0 Å². The molecule has 2 heterocycles. The fraction of sp³-hybridized carbons (Fsp3) is 0.267. The molecule has 0 aliphatic carbocycles. The molecule has 0 fully saturated rings. The first kappa shape index (κ1) is 14.2. The minimum absolute atomic E-state index is 0.122. The number of rotatable bonds is 3. The van der Waals surface area contributed by atoms with E-state index in [2.05, 4.69) is 10.3 Å². The molecular weight excluding hydrogens is 289 g/mol. The van der Waals surface area contributed by atoms with Crippen LogP contribution in [0.1, 0.15) is 23.7 Å². The number of nitrogens with zero attached hydrogens (tertiary/aromatic N) is 2. The number of hydrogen-bond donors (Lipinski definition) is 2. The van der Waals surface area contributed by atoms with Crippen LogP contribution in [0, 0.1) is 5.82 Å². The van der Waals surface area contributed by atoms with Gasteiger partial charge >= 0.3 is 5.97 Å². The van der Waals surface area contributed by atoms with E-state index in [1.807, 2.05) is 0 Å². The third-order valence-corrected chi connectivity index (χ3v) is 3.68. The van der Waals surface area contributed by atoms with Crippen LogP contribution < -0.4 is 10.9 Å². The molecule has 2 N–H and O–H groups in total. The molecular formula is C15H14FN3O3. The number of aromatic nitrogens is 2. The Labute approximate surface area is 125 Å². The second kappa shape index (κ2) is 5.59. The summed E-state index contributed by atoms with van der Waals surface area (Å²) >= 11 is 0. The summed E-state index contributed by atoms with van der Waals surface area (Å²) in [5.41, 5.74) is 1.42. The Morgan fingerprint density at radius 2 is 2.14 bits per heavy atom. The number of nitrogens with one attached hydrogen (secondary N) is 1. The van der Waals surface area contributed by atoms with Gasteiger partial charge in [0.1, 0.15) is 18.0 Å². The lowest BCUT2D eigenvalue weighted by Gasteiger charge is -2.26. The van der Waals surface area contributed by atoms with Crippen LogP contribution in [0.4, 0.5) is 10.1 Å². The quantitative estimate of drug-likeness (QED) is 0.899. The van der Waals surface area contributed by atoms with Gasteiger partial charge in [-0.15, -0.1) is 0 Å². The summed E-state index contributed by atoms with van der Waals surface area (Å²) < 4.78 is 14.0. The molecule has 1 aliphatic rings. The second-order valence-electron chi connectivity index (χ2n) is 5.18. The van der Waals surface area contributed by atoms with Gasteiger partial charge in [-0.05, 0) is 30.5 Å². The van der Waals surface area contributed by atoms with E-state index in [0.29, 0.717) is 17.8 Å². The number of hydrogen-bond acceptors (Lipinski definition) is 4. The lowest BCUT2D eigenvalue weighted by molar-refractivity contribution is -0.137. The number of carbonyl (C=O) groups is 1. The molecule has 0 saturated carbocycles. The molecule has 0 spiro atoms. The van der Waals surface area contributed by atoms with Crippen LogP contribution in [0.2, 0.25) is 0 Å². The monoisotopic (exact) mass is 303 g/mol.